The van der Waals surface area contributed by atoms with Crippen LogP contribution in [0.1, 0.15) is 101 Å². The Labute approximate surface area is 202 Å². The van der Waals surface area contributed by atoms with Crippen molar-refractivity contribution in [1.82, 2.24) is 10.2 Å². The first kappa shape index (κ1) is 24.6. The van der Waals surface area contributed by atoms with Gasteiger partial charge >= 0.3 is 0 Å². The summed E-state index contributed by atoms with van der Waals surface area (Å²) < 4.78 is 0. The highest BCUT2D eigenvalue weighted by atomic mass is 16.1. The van der Waals surface area contributed by atoms with Gasteiger partial charge in [0, 0.05) is 43.5 Å². The number of carbonyl (C=O) groups excluding carboxylic acids is 1. The van der Waals surface area contributed by atoms with Crippen molar-refractivity contribution >= 4 is 11.6 Å². The standard InChI is InChI=1S/C29H47N3O/c1-2-3-4-5-11-24-12-10-19-31(22-24)23-26-13-6-7-14-28(26)30-29(33)25-15-17-27(18-16-25)32-20-8-9-21-32/h15-18,24,26,28H,2-14,19-23H2,1H3,(H,30,33)/t24?,26-,28+/m0/s1. The van der Waals surface area contributed by atoms with Crippen LogP contribution in [0.15, 0.2) is 24.3 Å². The Balaban J connectivity index is 1.27. The van der Waals surface area contributed by atoms with Crippen LogP contribution in [-0.4, -0.2) is 49.6 Å². The molecule has 0 radical (unpaired) electrons. The summed E-state index contributed by atoms with van der Waals surface area (Å²) >= 11 is 0. The van der Waals surface area contributed by atoms with Gasteiger partial charge in [0.1, 0.15) is 0 Å². The first-order chi connectivity index (χ1) is 16.2. The average molecular weight is 454 g/mol. The molecule has 4 heteroatoms. The molecule has 1 unspecified atom stereocenters. The lowest BCUT2D eigenvalue weighted by Gasteiger charge is -2.39. The summed E-state index contributed by atoms with van der Waals surface area (Å²) in [5, 5.41) is 3.44. The molecule has 0 aromatic heterocycles. The highest BCUT2D eigenvalue weighted by molar-refractivity contribution is 5.94. The van der Waals surface area contributed by atoms with E-state index in [-0.39, 0.29) is 5.91 Å². The minimum atomic E-state index is 0.118. The number of likely N-dealkylation sites (tertiary alicyclic amines) is 1. The number of hydrogen-bond acceptors (Lipinski definition) is 3. The minimum Gasteiger partial charge on any atom is -0.372 e. The maximum Gasteiger partial charge on any atom is 0.251 e. The van der Waals surface area contributed by atoms with E-state index < -0.39 is 0 Å². The van der Waals surface area contributed by atoms with Gasteiger partial charge in [0.05, 0.1) is 0 Å². The van der Waals surface area contributed by atoms with E-state index >= 15 is 0 Å². The third kappa shape index (κ3) is 7.21. The predicted molar refractivity (Wildman–Crippen MR) is 139 cm³/mol. The van der Waals surface area contributed by atoms with Crippen molar-refractivity contribution < 1.29 is 4.79 Å². The molecule has 184 valence electrons. The molecule has 1 aromatic rings. The molecule has 1 aliphatic carbocycles. The third-order valence-electron chi connectivity index (χ3n) is 8.39. The van der Waals surface area contributed by atoms with Crippen molar-refractivity contribution in [3.8, 4) is 0 Å². The van der Waals surface area contributed by atoms with Crippen molar-refractivity contribution in [3.05, 3.63) is 29.8 Å². The SMILES string of the molecule is CCCCCCC1CCCN(C[C@@H]2CCCC[C@H]2NC(=O)c2ccc(N3CCCC3)cc2)C1. The number of rotatable bonds is 10. The lowest BCUT2D eigenvalue weighted by atomic mass is 9.83. The molecular weight excluding hydrogens is 406 g/mol. The van der Waals surface area contributed by atoms with E-state index in [1.165, 1.54) is 102 Å². The van der Waals surface area contributed by atoms with Gasteiger partial charge in [0.25, 0.3) is 5.91 Å². The van der Waals surface area contributed by atoms with Crippen molar-refractivity contribution in [1.29, 1.82) is 0 Å². The normalized spacial score (nSPS) is 26.5. The monoisotopic (exact) mass is 453 g/mol. The summed E-state index contributed by atoms with van der Waals surface area (Å²) in [6, 6.07) is 8.64. The van der Waals surface area contributed by atoms with E-state index in [2.05, 4.69) is 34.2 Å². The van der Waals surface area contributed by atoms with Crippen LogP contribution in [0, 0.1) is 11.8 Å². The molecule has 0 bridgehead atoms. The molecule has 2 heterocycles. The Kier molecular flexibility index (Phi) is 9.52. The van der Waals surface area contributed by atoms with E-state index in [1.54, 1.807) is 0 Å². The number of carbonyl (C=O) groups is 1. The Morgan fingerprint density at radius 2 is 1.70 bits per heavy atom. The highest BCUT2D eigenvalue weighted by Gasteiger charge is 2.30. The van der Waals surface area contributed by atoms with E-state index in [0.29, 0.717) is 12.0 Å². The van der Waals surface area contributed by atoms with Crippen LogP contribution in [0.25, 0.3) is 0 Å². The van der Waals surface area contributed by atoms with Crippen LogP contribution in [0.3, 0.4) is 0 Å². The van der Waals surface area contributed by atoms with Gasteiger partial charge in [-0.1, -0.05) is 45.4 Å². The lowest BCUT2D eigenvalue weighted by Crippen LogP contribution is -2.48. The minimum absolute atomic E-state index is 0.118. The summed E-state index contributed by atoms with van der Waals surface area (Å²) in [4.78, 5) is 18.2. The topological polar surface area (TPSA) is 35.6 Å². The Morgan fingerprint density at radius 3 is 2.48 bits per heavy atom. The lowest BCUT2D eigenvalue weighted by molar-refractivity contribution is 0.0853. The second-order valence-corrected chi connectivity index (χ2v) is 11.0. The third-order valence-corrected chi connectivity index (χ3v) is 8.39. The second kappa shape index (κ2) is 12.8. The number of nitrogens with one attached hydrogen (secondary N) is 1. The number of hydrogen-bond donors (Lipinski definition) is 1. The van der Waals surface area contributed by atoms with Gasteiger partial charge in [-0.2, -0.15) is 0 Å². The van der Waals surface area contributed by atoms with Crippen LogP contribution < -0.4 is 10.2 Å². The Bertz CT molecular complexity index is 712. The van der Waals surface area contributed by atoms with Gasteiger partial charge in [-0.15, -0.1) is 0 Å². The van der Waals surface area contributed by atoms with Crippen molar-refractivity contribution in [2.24, 2.45) is 11.8 Å². The van der Waals surface area contributed by atoms with E-state index in [4.69, 9.17) is 0 Å². The molecule has 3 fully saturated rings. The van der Waals surface area contributed by atoms with Gasteiger partial charge in [-0.25, -0.2) is 0 Å². The number of unbranched alkanes of at least 4 members (excludes halogenated alkanes) is 3. The summed E-state index contributed by atoms with van der Waals surface area (Å²) in [5.74, 6) is 1.61. The largest absolute Gasteiger partial charge is 0.372 e. The van der Waals surface area contributed by atoms with Crippen LogP contribution in [0.5, 0.6) is 0 Å². The molecule has 4 rings (SSSR count). The molecule has 1 aromatic carbocycles. The number of benzene rings is 1. The maximum atomic E-state index is 13.1. The molecule has 2 saturated heterocycles. The highest BCUT2D eigenvalue weighted by Crippen LogP contribution is 2.29. The first-order valence-corrected chi connectivity index (χ1v) is 14.1. The number of nitrogens with zero attached hydrogens (tertiary/aromatic N) is 2. The van der Waals surface area contributed by atoms with Gasteiger partial charge in [-0.3, -0.25) is 4.79 Å². The van der Waals surface area contributed by atoms with Gasteiger partial charge < -0.3 is 15.1 Å². The molecule has 1 amide bonds. The molecule has 0 spiro atoms. The van der Waals surface area contributed by atoms with Crippen molar-refractivity contribution in [2.45, 2.75) is 96.4 Å². The molecule has 4 nitrogen and oxygen atoms in total. The van der Waals surface area contributed by atoms with Crippen LogP contribution in [0.4, 0.5) is 5.69 Å². The molecule has 1 N–H and O–H groups in total. The summed E-state index contributed by atoms with van der Waals surface area (Å²) in [5.41, 5.74) is 2.07. The van der Waals surface area contributed by atoms with Gasteiger partial charge in [0.15, 0.2) is 0 Å². The molecule has 1 saturated carbocycles. The maximum absolute atomic E-state index is 13.1. The zero-order chi connectivity index (χ0) is 22.9. The van der Waals surface area contributed by atoms with Crippen molar-refractivity contribution in [2.75, 3.05) is 37.6 Å². The zero-order valence-corrected chi connectivity index (χ0v) is 21.1. The van der Waals surface area contributed by atoms with Gasteiger partial charge in [0.2, 0.25) is 0 Å². The second-order valence-electron chi connectivity index (χ2n) is 11.0. The van der Waals surface area contributed by atoms with Crippen LogP contribution in [-0.2, 0) is 0 Å². The van der Waals surface area contributed by atoms with E-state index in [9.17, 15) is 4.79 Å². The Morgan fingerprint density at radius 1 is 0.909 bits per heavy atom. The molecule has 2 aliphatic heterocycles. The quantitative estimate of drug-likeness (QED) is 0.425. The van der Waals surface area contributed by atoms with E-state index in [1.807, 2.05) is 12.1 Å². The summed E-state index contributed by atoms with van der Waals surface area (Å²) in [7, 11) is 0. The van der Waals surface area contributed by atoms with Crippen LogP contribution >= 0.6 is 0 Å². The number of anilines is 1. The molecule has 33 heavy (non-hydrogen) atoms. The fourth-order valence-electron chi connectivity index (χ4n) is 6.41. The molecular formula is C29H47N3O. The van der Waals surface area contributed by atoms with E-state index in [0.717, 1.165) is 31.0 Å². The molecule has 3 atom stereocenters. The summed E-state index contributed by atoms with van der Waals surface area (Å²) in [6.45, 7) is 8.29. The van der Waals surface area contributed by atoms with Gasteiger partial charge in [-0.05, 0) is 87.6 Å². The molecule has 3 aliphatic rings. The average Bonchev–Trinajstić information content (AvgIpc) is 3.39. The fourth-order valence-corrected chi connectivity index (χ4v) is 6.41. The fraction of sp³-hybridized carbons (Fsp3) is 0.759. The number of amides is 1. The van der Waals surface area contributed by atoms with Crippen molar-refractivity contribution in [3.63, 3.8) is 0 Å². The number of piperidine rings is 1. The summed E-state index contributed by atoms with van der Waals surface area (Å²) in [6.07, 6.45) is 17.2. The smallest absolute Gasteiger partial charge is 0.251 e. The first-order valence-electron chi connectivity index (χ1n) is 14.1. The predicted octanol–water partition coefficient (Wildman–Crippen LogP) is 6.26. The zero-order valence-electron chi connectivity index (χ0n) is 21.1. The Hall–Kier alpha value is -1.55. The van der Waals surface area contributed by atoms with Crippen LogP contribution in [0.2, 0.25) is 0 Å².